The lowest BCUT2D eigenvalue weighted by Gasteiger charge is -2.43. The standard InChI is InChI=1S/C15H24N2O/c1-2-12-10-16-17(11-12)14-9-13(18)5-8-15(14)6-3-4-7-15/h10-11,13-14,18H,2-9H2,1H3. The van der Waals surface area contributed by atoms with Gasteiger partial charge in [-0.05, 0) is 49.5 Å². The highest BCUT2D eigenvalue weighted by Gasteiger charge is 2.46. The van der Waals surface area contributed by atoms with Crippen molar-refractivity contribution in [3.63, 3.8) is 0 Å². The fourth-order valence-corrected chi connectivity index (χ4v) is 4.03. The Morgan fingerprint density at radius 3 is 2.83 bits per heavy atom. The van der Waals surface area contributed by atoms with E-state index in [4.69, 9.17) is 0 Å². The Balaban J connectivity index is 1.89. The number of aliphatic hydroxyl groups excluding tert-OH is 1. The molecular weight excluding hydrogens is 224 g/mol. The van der Waals surface area contributed by atoms with Crippen molar-refractivity contribution in [2.75, 3.05) is 0 Å². The minimum Gasteiger partial charge on any atom is -0.393 e. The number of hydrogen-bond donors (Lipinski definition) is 1. The van der Waals surface area contributed by atoms with Crippen molar-refractivity contribution in [1.82, 2.24) is 9.78 Å². The minimum atomic E-state index is -0.129. The molecule has 0 bridgehead atoms. The van der Waals surface area contributed by atoms with Crippen molar-refractivity contribution < 1.29 is 5.11 Å². The van der Waals surface area contributed by atoms with Gasteiger partial charge in [-0.15, -0.1) is 0 Å². The van der Waals surface area contributed by atoms with Crippen molar-refractivity contribution in [3.05, 3.63) is 18.0 Å². The molecule has 1 aromatic heterocycles. The molecule has 0 aliphatic heterocycles. The van der Waals surface area contributed by atoms with Crippen LogP contribution in [0.25, 0.3) is 0 Å². The quantitative estimate of drug-likeness (QED) is 0.873. The normalized spacial score (nSPS) is 31.0. The van der Waals surface area contributed by atoms with Crippen molar-refractivity contribution in [2.24, 2.45) is 5.41 Å². The third kappa shape index (κ3) is 1.99. The summed E-state index contributed by atoms with van der Waals surface area (Å²) < 4.78 is 2.16. The van der Waals surface area contributed by atoms with Gasteiger partial charge in [0.2, 0.25) is 0 Å². The molecular formula is C15H24N2O. The van der Waals surface area contributed by atoms with E-state index in [9.17, 15) is 5.11 Å². The van der Waals surface area contributed by atoms with E-state index in [1.807, 2.05) is 6.20 Å². The lowest BCUT2D eigenvalue weighted by Crippen LogP contribution is -2.38. The fraction of sp³-hybridized carbons (Fsp3) is 0.800. The maximum atomic E-state index is 10.0. The average Bonchev–Trinajstić information content (AvgIpc) is 3.03. The Hall–Kier alpha value is -0.830. The molecule has 2 unspecified atom stereocenters. The highest BCUT2D eigenvalue weighted by molar-refractivity contribution is 5.07. The highest BCUT2D eigenvalue weighted by atomic mass is 16.3. The van der Waals surface area contributed by atoms with Crippen LogP contribution in [-0.4, -0.2) is 21.0 Å². The molecule has 2 aliphatic carbocycles. The summed E-state index contributed by atoms with van der Waals surface area (Å²) in [6.07, 6.45) is 13.5. The van der Waals surface area contributed by atoms with Gasteiger partial charge >= 0.3 is 0 Å². The molecule has 18 heavy (non-hydrogen) atoms. The van der Waals surface area contributed by atoms with Crippen LogP contribution in [0.15, 0.2) is 12.4 Å². The van der Waals surface area contributed by atoms with Crippen LogP contribution >= 0.6 is 0 Å². The molecule has 1 heterocycles. The number of aryl methyl sites for hydroxylation is 1. The molecule has 3 nitrogen and oxygen atoms in total. The second-order valence-corrected chi connectivity index (χ2v) is 6.20. The molecule has 1 spiro atoms. The molecule has 3 rings (SSSR count). The van der Waals surface area contributed by atoms with E-state index in [-0.39, 0.29) is 6.10 Å². The predicted molar refractivity (Wildman–Crippen MR) is 71.4 cm³/mol. The van der Waals surface area contributed by atoms with E-state index >= 15 is 0 Å². The molecule has 2 atom stereocenters. The average molecular weight is 248 g/mol. The van der Waals surface area contributed by atoms with Gasteiger partial charge in [0.1, 0.15) is 0 Å². The molecule has 0 amide bonds. The van der Waals surface area contributed by atoms with Crippen LogP contribution in [0.3, 0.4) is 0 Å². The maximum Gasteiger partial charge on any atom is 0.0600 e. The minimum absolute atomic E-state index is 0.129. The molecule has 100 valence electrons. The molecule has 0 saturated heterocycles. The molecule has 2 fully saturated rings. The van der Waals surface area contributed by atoms with Gasteiger partial charge in [0.15, 0.2) is 0 Å². The Morgan fingerprint density at radius 2 is 2.17 bits per heavy atom. The van der Waals surface area contributed by atoms with E-state index in [1.54, 1.807) is 0 Å². The van der Waals surface area contributed by atoms with Gasteiger partial charge in [0.25, 0.3) is 0 Å². The largest absolute Gasteiger partial charge is 0.393 e. The summed E-state index contributed by atoms with van der Waals surface area (Å²) in [6.45, 7) is 2.17. The predicted octanol–water partition coefficient (Wildman–Crippen LogP) is 3.09. The van der Waals surface area contributed by atoms with Gasteiger partial charge in [0.05, 0.1) is 18.3 Å². The summed E-state index contributed by atoms with van der Waals surface area (Å²) in [4.78, 5) is 0. The fourth-order valence-electron chi connectivity index (χ4n) is 4.03. The summed E-state index contributed by atoms with van der Waals surface area (Å²) in [6, 6.07) is 0.420. The molecule has 2 aliphatic rings. The van der Waals surface area contributed by atoms with Crippen LogP contribution in [0, 0.1) is 5.41 Å². The van der Waals surface area contributed by atoms with E-state index in [1.165, 1.54) is 37.7 Å². The highest BCUT2D eigenvalue weighted by Crippen LogP contribution is 2.54. The summed E-state index contributed by atoms with van der Waals surface area (Å²) in [5.41, 5.74) is 1.74. The van der Waals surface area contributed by atoms with Gasteiger partial charge in [-0.25, -0.2) is 0 Å². The Kier molecular flexibility index (Phi) is 3.18. The Morgan fingerprint density at radius 1 is 1.39 bits per heavy atom. The molecule has 2 saturated carbocycles. The van der Waals surface area contributed by atoms with E-state index in [0.717, 1.165) is 19.3 Å². The van der Waals surface area contributed by atoms with Gasteiger partial charge in [-0.3, -0.25) is 4.68 Å². The first-order valence-corrected chi connectivity index (χ1v) is 7.44. The lowest BCUT2D eigenvalue weighted by molar-refractivity contribution is 0.0124. The Labute approximate surface area is 109 Å². The van der Waals surface area contributed by atoms with Crippen LogP contribution in [-0.2, 0) is 6.42 Å². The van der Waals surface area contributed by atoms with E-state index in [2.05, 4.69) is 22.9 Å². The zero-order valence-electron chi connectivity index (χ0n) is 11.3. The smallest absolute Gasteiger partial charge is 0.0600 e. The van der Waals surface area contributed by atoms with Gasteiger partial charge < -0.3 is 5.11 Å². The second-order valence-electron chi connectivity index (χ2n) is 6.20. The van der Waals surface area contributed by atoms with E-state index in [0.29, 0.717) is 11.5 Å². The molecule has 0 aromatic carbocycles. The van der Waals surface area contributed by atoms with Crippen LogP contribution in [0.4, 0.5) is 0 Å². The SMILES string of the molecule is CCc1cnn(C2CC(O)CCC23CCCC3)c1. The summed E-state index contributed by atoms with van der Waals surface area (Å²) in [7, 11) is 0. The topological polar surface area (TPSA) is 38.0 Å². The summed E-state index contributed by atoms with van der Waals surface area (Å²) in [5.74, 6) is 0. The maximum absolute atomic E-state index is 10.0. The van der Waals surface area contributed by atoms with Crippen molar-refractivity contribution in [2.45, 2.75) is 70.4 Å². The first-order valence-electron chi connectivity index (χ1n) is 7.44. The van der Waals surface area contributed by atoms with Crippen molar-refractivity contribution >= 4 is 0 Å². The third-order valence-corrected chi connectivity index (χ3v) is 5.16. The molecule has 1 aromatic rings. The first kappa shape index (κ1) is 12.2. The monoisotopic (exact) mass is 248 g/mol. The van der Waals surface area contributed by atoms with Crippen molar-refractivity contribution in [1.29, 1.82) is 0 Å². The summed E-state index contributed by atoms with van der Waals surface area (Å²) >= 11 is 0. The molecule has 3 heteroatoms. The van der Waals surface area contributed by atoms with Crippen LogP contribution < -0.4 is 0 Å². The van der Waals surface area contributed by atoms with Gasteiger partial charge in [-0.1, -0.05) is 19.8 Å². The number of aliphatic hydroxyl groups is 1. The molecule has 1 N–H and O–H groups in total. The van der Waals surface area contributed by atoms with Crippen LogP contribution in [0.2, 0.25) is 0 Å². The third-order valence-electron chi connectivity index (χ3n) is 5.16. The van der Waals surface area contributed by atoms with E-state index < -0.39 is 0 Å². The summed E-state index contributed by atoms with van der Waals surface area (Å²) in [5, 5.41) is 14.6. The zero-order chi connectivity index (χ0) is 12.6. The second kappa shape index (κ2) is 4.69. The lowest BCUT2D eigenvalue weighted by atomic mass is 9.68. The van der Waals surface area contributed by atoms with Crippen LogP contribution in [0.5, 0.6) is 0 Å². The van der Waals surface area contributed by atoms with Crippen LogP contribution in [0.1, 0.15) is 63.5 Å². The number of rotatable bonds is 2. The number of aromatic nitrogens is 2. The van der Waals surface area contributed by atoms with Gasteiger partial charge in [0, 0.05) is 6.20 Å². The number of nitrogens with zero attached hydrogens (tertiary/aromatic N) is 2. The Bertz CT molecular complexity index is 406. The van der Waals surface area contributed by atoms with Gasteiger partial charge in [-0.2, -0.15) is 5.10 Å². The molecule has 0 radical (unpaired) electrons. The number of hydrogen-bond acceptors (Lipinski definition) is 2. The zero-order valence-corrected chi connectivity index (χ0v) is 11.3. The first-order chi connectivity index (χ1) is 8.73. The van der Waals surface area contributed by atoms with Crippen molar-refractivity contribution in [3.8, 4) is 0 Å².